The number of nitrogens with zero attached hydrogens (tertiary/aromatic N) is 5. The lowest BCUT2D eigenvalue weighted by molar-refractivity contribution is -0.0199. The molecule has 208 valence electrons. The van der Waals surface area contributed by atoms with Gasteiger partial charge in [-0.15, -0.1) is 0 Å². The van der Waals surface area contributed by atoms with Crippen molar-refractivity contribution in [2.24, 2.45) is 11.7 Å². The van der Waals surface area contributed by atoms with Crippen LogP contribution in [0.3, 0.4) is 0 Å². The maximum Gasteiger partial charge on any atom is 0.135 e. The van der Waals surface area contributed by atoms with E-state index in [1.54, 1.807) is 29.0 Å². The van der Waals surface area contributed by atoms with E-state index in [0.717, 1.165) is 24.0 Å². The van der Waals surface area contributed by atoms with Crippen molar-refractivity contribution in [3.05, 3.63) is 83.1 Å². The van der Waals surface area contributed by atoms with Crippen molar-refractivity contribution < 1.29 is 18.3 Å². The Hall–Kier alpha value is -3.78. The van der Waals surface area contributed by atoms with Crippen LogP contribution in [0.25, 0.3) is 16.8 Å². The Morgan fingerprint density at radius 3 is 2.67 bits per heavy atom. The van der Waals surface area contributed by atoms with Gasteiger partial charge in [0.2, 0.25) is 0 Å². The fourth-order valence-electron chi connectivity index (χ4n) is 5.81. The molecule has 1 aromatic carbocycles. The first-order chi connectivity index (χ1) is 19.4. The number of hydrogen-bond acceptors (Lipinski definition) is 7. The number of hydrogen-bond donors (Lipinski definition) is 1. The Kier molecular flexibility index (Phi) is 8.45. The summed E-state index contributed by atoms with van der Waals surface area (Å²) in [4.78, 5) is 8.94. The first kappa shape index (κ1) is 27.8. The summed E-state index contributed by atoms with van der Waals surface area (Å²) in [7, 11) is 1.47. The van der Waals surface area contributed by atoms with Crippen LogP contribution in [0.15, 0.2) is 48.9 Å². The highest BCUT2D eigenvalue weighted by molar-refractivity contribution is 5.63. The zero-order valence-corrected chi connectivity index (χ0v) is 22.6. The van der Waals surface area contributed by atoms with Crippen molar-refractivity contribution in [1.29, 1.82) is 5.26 Å². The summed E-state index contributed by atoms with van der Waals surface area (Å²) in [5.41, 5.74) is 9.79. The Balaban J connectivity index is 1.42. The van der Waals surface area contributed by atoms with Gasteiger partial charge in [-0.3, -0.25) is 4.98 Å². The van der Waals surface area contributed by atoms with Crippen LogP contribution in [0.2, 0.25) is 0 Å². The van der Waals surface area contributed by atoms with Gasteiger partial charge >= 0.3 is 0 Å². The number of ether oxygens (including phenoxy) is 2. The molecule has 3 heterocycles. The number of nitrogens with two attached hydrogens (primary N) is 1. The average Bonchev–Trinajstić information content (AvgIpc) is 3.32. The monoisotopic (exact) mass is 546 g/mol. The van der Waals surface area contributed by atoms with Crippen molar-refractivity contribution in [3.8, 4) is 17.3 Å². The van der Waals surface area contributed by atoms with Gasteiger partial charge in [0.15, 0.2) is 0 Å². The molecular formula is C30H32F2N6O2. The number of benzene rings is 1. The number of aromatic nitrogens is 4. The van der Waals surface area contributed by atoms with Crippen molar-refractivity contribution in [2.75, 3.05) is 13.7 Å². The lowest BCUT2D eigenvalue weighted by Gasteiger charge is -2.39. The summed E-state index contributed by atoms with van der Waals surface area (Å²) >= 11 is 0. The van der Waals surface area contributed by atoms with Gasteiger partial charge in [-0.2, -0.15) is 10.4 Å². The third-order valence-corrected chi connectivity index (χ3v) is 7.57. The zero-order chi connectivity index (χ0) is 28.2. The quantitative estimate of drug-likeness (QED) is 0.296. The Bertz CT molecular complexity index is 1500. The molecule has 0 unspecified atom stereocenters. The Morgan fingerprint density at radius 2 is 1.95 bits per heavy atom. The van der Waals surface area contributed by atoms with Crippen molar-refractivity contribution >= 4 is 5.52 Å². The number of pyridine rings is 1. The second kappa shape index (κ2) is 12.2. The molecule has 0 spiro atoms. The summed E-state index contributed by atoms with van der Waals surface area (Å²) in [5.74, 6) is -0.332. The highest BCUT2D eigenvalue weighted by Gasteiger charge is 2.35. The summed E-state index contributed by atoms with van der Waals surface area (Å²) in [6.45, 7) is 2.63. The molecule has 40 heavy (non-hydrogen) atoms. The minimum absolute atomic E-state index is 0.0851. The largest absolute Gasteiger partial charge is 0.380 e. The highest BCUT2D eigenvalue weighted by Crippen LogP contribution is 2.38. The predicted molar refractivity (Wildman–Crippen MR) is 145 cm³/mol. The van der Waals surface area contributed by atoms with E-state index < -0.39 is 11.6 Å². The standard InChI is InChI=1S/C30H32F2N6O2/c1-18-10-20(13-26(34)30(18)40-9-3-7-33)23-6-8-35-15-21(23)14-28-36-16-22-4-5-27(37-38(22)28)29-24(31)11-19(17-39-2)12-25(29)32/h4-6,8,11-12,15-16,18,20,26,30H,3,9-10,13-14,17,34H2,1-2H3/t18-,20+,26+,30-/m0/s1. The molecule has 5 rings (SSSR count). The molecule has 1 aliphatic rings. The SMILES string of the molecule is COCc1cc(F)c(-c2ccc3cnc(Cc4cnccc4[C@H]4C[C@@H](N)[C@@H](OCCC#N)[C@@H](C)C4)n3n2)c(F)c1. The normalized spacial score (nSPS) is 21.0. The average molecular weight is 547 g/mol. The number of methoxy groups -OCH3 is 1. The highest BCUT2D eigenvalue weighted by atomic mass is 19.1. The fourth-order valence-corrected chi connectivity index (χ4v) is 5.81. The number of rotatable bonds is 9. The minimum atomic E-state index is -0.701. The summed E-state index contributed by atoms with van der Waals surface area (Å²) in [6.07, 6.45) is 7.65. The second-order valence-electron chi connectivity index (χ2n) is 10.4. The third-order valence-electron chi connectivity index (χ3n) is 7.57. The van der Waals surface area contributed by atoms with Gasteiger partial charge in [0.05, 0.1) is 54.8 Å². The molecule has 10 heteroatoms. The number of imidazole rings is 1. The van der Waals surface area contributed by atoms with E-state index in [1.165, 1.54) is 19.2 Å². The zero-order valence-electron chi connectivity index (χ0n) is 22.6. The lowest BCUT2D eigenvalue weighted by Crippen LogP contribution is -2.46. The summed E-state index contributed by atoms with van der Waals surface area (Å²) in [6, 6.07) is 9.85. The Labute approximate surface area is 231 Å². The number of halogens is 2. The first-order valence-corrected chi connectivity index (χ1v) is 13.4. The van der Waals surface area contributed by atoms with Crippen molar-refractivity contribution in [3.63, 3.8) is 0 Å². The van der Waals surface area contributed by atoms with Crippen LogP contribution in [0.4, 0.5) is 8.78 Å². The molecule has 0 aliphatic heterocycles. The van der Waals surface area contributed by atoms with E-state index >= 15 is 0 Å². The maximum absolute atomic E-state index is 14.9. The van der Waals surface area contributed by atoms with Crippen molar-refractivity contribution in [1.82, 2.24) is 19.6 Å². The molecule has 8 nitrogen and oxygen atoms in total. The summed E-state index contributed by atoms with van der Waals surface area (Å²) in [5, 5.41) is 13.4. The minimum Gasteiger partial charge on any atom is -0.380 e. The first-order valence-electron chi connectivity index (χ1n) is 13.4. The van der Waals surface area contributed by atoms with Crippen LogP contribution in [0.1, 0.15) is 54.6 Å². The molecule has 1 fully saturated rings. The molecular weight excluding hydrogens is 514 g/mol. The molecule has 3 aromatic heterocycles. The van der Waals surface area contributed by atoms with Gasteiger partial charge in [-0.05, 0) is 71.7 Å². The lowest BCUT2D eigenvalue weighted by atomic mass is 9.73. The van der Waals surface area contributed by atoms with Crippen molar-refractivity contribution in [2.45, 2.75) is 57.3 Å². The van der Waals surface area contributed by atoms with E-state index in [9.17, 15) is 8.78 Å². The van der Waals surface area contributed by atoms with Gasteiger partial charge in [-0.1, -0.05) is 6.92 Å². The molecule has 4 aromatic rings. The van der Waals surface area contributed by atoms with E-state index in [2.05, 4.69) is 28.1 Å². The molecule has 0 amide bonds. The molecule has 1 aliphatic carbocycles. The van der Waals surface area contributed by atoms with Crippen LogP contribution in [-0.4, -0.2) is 45.4 Å². The number of nitriles is 1. The van der Waals surface area contributed by atoms with E-state index in [4.69, 9.17) is 20.5 Å². The molecule has 1 saturated carbocycles. The molecule has 0 radical (unpaired) electrons. The van der Waals surface area contributed by atoms with Gasteiger partial charge in [-0.25, -0.2) is 18.3 Å². The van der Waals surface area contributed by atoms with Crippen LogP contribution in [-0.2, 0) is 22.5 Å². The summed E-state index contributed by atoms with van der Waals surface area (Å²) < 4.78 is 42.4. The Morgan fingerprint density at radius 1 is 1.15 bits per heavy atom. The van der Waals surface area contributed by atoms with Crippen LogP contribution in [0.5, 0.6) is 0 Å². The van der Waals surface area contributed by atoms with E-state index in [1.807, 2.05) is 12.3 Å². The molecule has 2 N–H and O–H groups in total. The van der Waals surface area contributed by atoms with Gasteiger partial charge < -0.3 is 15.2 Å². The van der Waals surface area contributed by atoms with Gasteiger partial charge in [0.25, 0.3) is 0 Å². The molecule has 0 bridgehead atoms. The van der Waals surface area contributed by atoms with Crippen LogP contribution < -0.4 is 5.73 Å². The van der Waals surface area contributed by atoms with Gasteiger partial charge in [0, 0.05) is 32.0 Å². The van der Waals surface area contributed by atoms with Gasteiger partial charge in [0.1, 0.15) is 17.5 Å². The molecule has 0 saturated heterocycles. The predicted octanol–water partition coefficient (Wildman–Crippen LogP) is 4.95. The number of fused-ring (bicyclic) bond motifs is 1. The smallest absolute Gasteiger partial charge is 0.135 e. The van der Waals surface area contributed by atoms with Crippen LogP contribution >= 0.6 is 0 Å². The third kappa shape index (κ3) is 5.72. The van der Waals surface area contributed by atoms with Crippen LogP contribution in [0, 0.1) is 28.9 Å². The fraction of sp³-hybridized carbons (Fsp3) is 0.400. The molecule has 4 atom stereocenters. The second-order valence-corrected chi connectivity index (χ2v) is 10.4. The topological polar surface area (TPSA) is 111 Å². The van der Waals surface area contributed by atoms with E-state index in [-0.39, 0.29) is 41.8 Å². The maximum atomic E-state index is 14.9. The van der Waals surface area contributed by atoms with E-state index in [0.29, 0.717) is 36.4 Å².